The van der Waals surface area contributed by atoms with Gasteiger partial charge in [-0.25, -0.2) is 5.43 Å². The molecule has 3 aromatic rings. The number of nitrogens with one attached hydrogen (secondary N) is 1. The van der Waals surface area contributed by atoms with Crippen LogP contribution in [0.15, 0.2) is 65.8 Å². The predicted octanol–water partition coefficient (Wildman–Crippen LogP) is 4.85. The zero-order valence-electron chi connectivity index (χ0n) is 19.1. The largest absolute Gasteiger partial charge is 0.490 e. The van der Waals surface area contributed by atoms with Crippen molar-refractivity contribution in [3.63, 3.8) is 0 Å². The maximum absolute atomic E-state index is 12.2. The van der Waals surface area contributed by atoms with Gasteiger partial charge in [-0.05, 0) is 73.4 Å². The second-order valence-corrected chi connectivity index (χ2v) is 7.64. The molecule has 3 rings (SSSR count). The lowest BCUT2D eigenvalue weighted by atomic mass is 10.0. The van der Waals surface area contributed by atoms with Crippen molar-refractivity contribution in [2.24, 2.45) is 5.10 Å². The summed E-state index contributed by atoms with van der Waals surface area (Å²) in [7, 11) is 0. The first kappa shape index (κ1) is 23.6. The number of carbonyl (C=O) groups excluding carboxylic acids is 1. The SMILES string of the molecule is CCOc1cc(/C=N\NC(=O)Cc2ccc(C)cc2C)ccc1OCc1cccc(C#N)c1. The summed E-state index contributed by atoms with van der Waals surface area (Å²) in [6.07, 6.45) is 1.84. The minimum absolute atomic E-state index is 0.178. The van der Waals surface area contributed by atoms with Crippen molar-refractivity contribution in [1.82, 2.24) is 5.43 Å². The zero-order chi connectivity index (χ0) is 23.6. The summed E-state index contributed by atoms with van der Waals surface area (Å²) in [5, 5.41) is 13.1. The summed E-state index contributed by atoms with van der Waals surface area (Å²) in [5.41, 5.74) is 8.07. The van der Waals surface area contributed by atoms with E-state index < -0.39 is 0 Å². The molecule has 0 radical (unpaired) electrons. The van der Waals surface area contributed by atoms with Crippen LogP contribution in [0.3, 0.4) is 0 Å². The number of hydrogen-bond acceptors (Lipinski definition) is 5. The predicted molar refractivity (Wildman–Crippen MR) is 128 cm³/mol. The minimum atomic E-state index is -0.178. The van der Waals surface area contributed by atoms with Gasteiger partial charge in [0.2, 0.25) is 5.91 Å². The molecule has 0 spiro atoms. The topological polar surface area (TPSA) is 83.7 Å². The fourth-order valence-corrected chi connectivity index (χ4v) is 3.32. The van der Waals surface area contributed by atoms with Crippen molar-refractivity contribution < 1.29 is 14.3 Å². The van der Waals surface area contributed by atoms with Crippen LogP contribution in [-0.4, -0.2) is 18.7 Å². The summed E-state index contributed by atoms with van der Waals surface area (Å²) in [6.45, 7) is 6.72. The summed E-state index contributed by atoms with van der Waals surface area (Å²) < 4.78 is 11.6. The Morgan fingerprint density at radius 3 is 2.67 bits per heavy atom. The lowest BCUT2D eigenvalue weighted by molar-refractivity contribution is -0.120. The Hall–Kier alpha value is -4.11. The molecule has 6 nitrogen and oxygen atoms in total. The number of hydrazone groups is 1. The molecule has 0 aliphatic rings. The van der Waals surface area contributed by atoms with Crippen LogP contribution in [-0.2, 0) is 17.8 Å². The summed E-state index contributed by atoms with van der Waals surface area (Å²) >= 11 is 0. The van der Waals surface area contributed by atoms with Gasteiger partial charge in [0, 0.05) is 0 Å². The second-order valence-electron chi connectivity index (χ2n) is 7.64. The standard InChI is InChI=1S/C27H27N3O3/c1-4-32-26-14-22(9-11-25(26)33-18-23-7-5-6-21(13-23)16-28)17-29-30-27(31)15-24-10-8-19(2)12-20(24)3/h5-14,17H,4,15,18H2,1-3H3,(H,30,31)/b29-17-. The van der Waals surface area contributed by atoms with Gasteiger partial charge in [0.25, 0.3) is 0 Å². The molecule has 0 saturated carbocycles. The van der Waals surface area contributed by atoms with Crippen molar-refractivity contribution in [3.8, 4) is 17.6 Å². The van der Waals surface area contributed by atoms with Crippen molar-refractivity contribution in [2.75, 3.05) is 6.61 Å². The molecule has 1 N–H and O–H groups in total. The molecule has 0 fully saturated rings. The molecule has 6 heteroatoms. The van der Waals surface area contributed by atoms with Crippen LogP contribution in [0.25, 0.3) is 0 Å². The monoisotopic (exact) mass is 441 g/mol. The smallest absolute Gasteiger partial charge is 0.244 e. The van der Waals surface area contributed by atoms with Gasteiger partial charge >= 0.3 is 0 Å². The van der Waals surface area contributed by atoms with E-state index in [0.717, 1.165) is 22.3 Å². The van der Waals surface area contributed by atoms with Gasteiger partial charge in [0.05, 0.1) is 30.9 Å². The number of aryl methyl sites for hydroxylation is 2. The van der Waals surface area contributed by atoms with E-state index in [4.69, 9.17) is 14.7 Å². The third-order valence-corrected chi connectivity index (χ3v) is 4.97. The molecule has 3 aromatic carbocycles. The molecule has 0 bridgehead atoms. The van der Waals surface area contributed by atoms with Crippen LogP contribution in [0.4, 0.5) is 0 Å². The molecule has 0 aromatic heterocycles. The Bertz CT molecular complexity index is 1200. The number of nitrogens with zero attached hydrogens (tertiary/aromatic N) is 2. The number of hydrogen-bond donors (Lipinski definition) is 1. The first-order valence-electron chi connectivity index (χ1n) is 10.7. The maximum Gasteiger partial charge on any atom is 0.244 e. The van der Waals surface area contributed by atoms with Crippen molar-refractivity contribution in [1.29, 1.82) is 5.26 Å². The molecule has 0 aliphatic heterocycles. The van der Waals surface area contributed by atoms with E-state index in [-0.39, 0.29) is 12.3 Å². The van der Waals surface area contributed by atoms with E-state index in [9.17, 15) is 4.79 Å². The van der Waals surface area contributed by atoms with Gasteiger partial charge < -0.3 is 9.47 Å². The van der Waals surface area contributed by atoms with Crippen LogP contribution in [0.2, 0.25) is 0 Å². The summed E-state index contributed by atoms with van der Waals surface area (Å²) in [4.78, 5) is 12.2. The van der Waals surface area contributed by atoms with Crippen molar-refractivity contribution in [2.45, 2.75) is 33.8 Å². The lowest BCUT2D eigenvalue weighted by Gasteiger charge is -2.13. The Morgan fingerprint density at radius 2 is 1.91 bits per heavy atom. The van der Waals surface area contributed by atoms with E-state index >= 15 is 0 Å². The molecular formula is C27H27N3O3. The first-order chi connectivity index (χ1) is 16.0. The Morgan fingerprint density at radius 1 is 1.06 bits per heavy atom. The molecule has 0 saturated heterocycles. The van der Waals surface area contributed by atoms with Crippen LogP contribution in [0, 0.1) is 25.2 Å². The fourth-order valence-electron chi connectivity index (χ4n) is 3.32. The molecule has 1 amide bonds. The molecule has 0 unspecified atom stereocenters. The van der Waals surface area contributed by atoms with Gasteiger partial charge in [0.15, 0.2) is 11.5 Å². The average Bonchev–Trinajstić information content (AvgIpc) is 2.81. The van der Waals surface area contributed by atoms with Crippen molar-refractivity contribution >= 4 is 12.1 Å². The van der Waals surface area contributed by atoms with E-state index in [1.54, 1.807) is 24.4 Å². The quantitative estimate of drug-likeness (QED) is 0.380. The lowest BCUT2D eigenvalue weighted by Crippen LogP contribution is -2.20. The summed E-state index contributed by atoms with van der Waals surface area (Å²) in [6, 6.07) is 20.9. The molecule has 33 heavy (non-hydrogen) atoms. The molecule has 0 atom stereocenters. The van der Waals surface area contributed by atoms with Gasteiger partial charge in [-0.3, -0.25) is 4.79 Å². The molecule has 0 heterocycles. The highest BCUT2D eigenvalue weighted by Crippen LogP contribution is 2.29. The highest BCUT2D eigenvalue weighted by Gasteiger charge is 2.08. The Balaban J connectivity index is 1.62. The van der Waals surface area contributed by atoms with Crippen LogP contribution in [0.5, 0.6) is 11.5 Å². The van der Waals surface area contributed by atoms with Crippen LogP contribution in [0.1, 0.15) is 40.3 Å². The van der Waals surface area contributed by atoms with Gasteiger partial charge in [-0.1, -0.05) is 35.9 Å². The number of ether oxygens (including phenoxy) is 2. The number of nitriles is 1. The van der Waals surface area contributed by atoms with Gasteiger partial charge in [-0.15, -0.1) is 0 Å². The third kappa shape index (κ3) is 6.94. The maximum atomic E-state index is 12.2. The zero-order valence-corrected chi connectivity index (χ0v) is 19.1. The Kier molecular flexibility index (Phi) is 8.20. The van der Waals surface area contributed by atoms with Crippen molar-refractivity contribution in [3.05, 3.63) is 94.0 Å². The van der Waals surface area contributed by atoms with Gasteiger partial charge in [-0.2, -0.15) is 10.4 Å². The number of carbonyl (C=O) groups is 1. The highest BCUT2D eigenvalue weighted by atomic mass is 16.5. The third-order valence-electron chi connectivity index (χ3n) is 4.97. The van der Waals surface area contributed by atoms with E-state index in [2.05, 4.69) is 22.7 Å². The Labute approximate surface area is 194 Å². The number of amides is 1. The normalized spacial score (nSPS) is 10.6. The number of rotatable bonds is 9. The molecule has 168 valence electrons. The number of benzene rings is 3. The highest BCUT2D eigenvalue weighted by molar-refractivity contribution is 5.84. The van der Waals surface area contributed by atoms with Crippen LogP contribution < -0.4 is 14.9 Å². The molecule has 0 aliphatic carbocycles. The minimum Gasteiger partial charge on any atom is -0.490 e. The van der Waals surface area contributed by atoms with E-state index in [1.165, 1.54) is 5.56 Å². The second kappa shape index (κ2) is 11.5. The first-order valence-corrected chi connectivity index (χ1v) is 10.7. The van der Waals surface area contributed by atoms with E-state index in [1.807, 2.05) is 57.2 Å². The van der Waals surface area contributed by atoms with E-state index in [0.29, 0.717) is 30.3 Å². The average molecular weight is 442 g/mol. The molecular weight excluding hydrogens is 414 g/mol. The fraction of sp³-hybridized carbons (Fsp3) is 0.222. The summed E-state index contributed by atoms with van der Waals surface area (Å²) in [5.74, 6) is 0.998. The van der Waals surface area contributed by atoms with Crippen LogP contribution >= 0.6 is 0 Å². The van der Waals surface area contributed by atoms with Gasteiger partial charge in [0.1, 0.15) is 6.61 Å².